The molecule has 0 aliphatic carbocycles. The second-order valence-corrected chi connectivity index (χ2v) is 5.06. The van der Waals surface area contributed by atoms with Crippen LogP contribution in [-0.2, 0) is 0 Å². The molecule has 0 fully saturated rings. The summed E-state index contributed by atoms with van der Waals surface area (Å²) in [7, 11) is 0. The Morgan fingerprint density at radius 3 is 2.73 bits per heavy atom. The molecule has 1 aliphatic heterocycles. The van der Waals surface area contributed by atoms with Crippen LogP contribution < -0.4 is 5.32 Å². The summed E-state index contributed by atoms with van der Waals surface area (Å²) in [5.41, 5.74) is 1.98. The lowest BCUT2D eigenvalue weighted by atomic mass is 10.00. The van der Waals surface area contributed by atoms with Crippen molar-refractivity contribution < 1.29 is 0 Å². The largest absolute Gasteiger partial charge is 0.375 e. The summed E-state index contributed by atoms with van der Waals surface area (Å²) in [5, 5.41) is 3.43. The van der Waals surface area contributed by atoms with E-state index in [2.05, 4.69) is 46.2 Å². The van der Waals surface area contributed by atoms with Crippen molar-refractivity contribution in [2.24, 2.45) is 0 Å². The van der Waals surface area contributed by atoms with Gasteiger partial charge in [-0.2, -0.15) is 0 Å². The third-order valence-corrected chi connectivity index (χ3v) is 2.64. The van der Waals surface area contributed by atoms with Gasteiger partial charge in [0.15, 0.2) is 0 Å². The fraction of sp³-hybridized carbons (Fsp3) is 0.250. The van der Waals surface area contributed by atoms with Crippen molar-refractivity contribution in [3.05, 3.63) is 46.7 Å². The minimum atomic E-state index is -0.0412. The van der Waals surface area contributed by atoms with E-state index in [4.69, 9.17) is 0 Å². The third kappa shape index (κ3) is 2.48. The Labute approximate surface area is 98.2 Å². The topological polar surface area (TPSA) is 24.9 Å². The summed E-state index contributed by atoms with van der Waals surface area (Å²) in [5.74, 6) is 0. The van der Waals surface area contributed by atoms with Gasteiger partial charge in [0.2, 0.25) is 0 Å². The fourth-order valence-electron chi connectivity index (χ4n) is 1.60. The molecular formula is C12H13BrN2. The molecule has 0 saturated heterocycles. The van der Waals surface area contributed by atoms with Crippen molar-refractivity contribution in [3.8, 4) is 0 Å². The van der Waals surface area contributed by atoms with Gasteiger partial charge in [-0.05, 0) is 38.1 Å². The molecule has 15 heavy (non-hydrogen) atoms. The van der Waals surface area contributed by atoms with Gasteiger partial charge in [-0.25, -0.2) is 0 Å². The Balaban J connectivity index is 2.37. The van der Waals surface area contributed by atoms with E-state index < -0.39 is 0 Å². The number of nitrogens with one attached hydrogen (secondary N) is 1. The van der Waals surface area contributed by atoms with Crippen molar-refractivity contribution in [3.63, 3.8) is 0 Å². The predicted octanol–water partition coefficient (Wildman–Crippen LogP) is 3.08. The summed E-state index contributed by atoms with van der Waals surface area (Å²) < 4.78 is 1.09. The molecule has 1 N–H and O–H groups in total. The van der Waals surface area contributed by atoms with Gasteiger partial charge < -0.3 is 5.32 Å². The lowest BCUT2D eigenvalue weighted by Gasteiger charge is -2.29. The molecule has 0 saturated carbocycles. The number of dihydropyridines is 1. The van der Waals surface area contributed by atoms with Crippen LogP contribution in [0.5, 0.6) is 0 Å². The summed E-state index contributed by atoms with van der Waals surface area (Å²) in [6.45, 7) is 4.26. The Kier molecular flexibility index (Phi) is 2.65. The van der Waals surface area contributed by atoms with Crippen LogP contribution in [0.4, 0.5) is 0 Å². The Bertz CT molecular complexity index is 419. The highest BCUT2D eigenvalue weighted by Gasteiger charge is 2.21. The lowest BCUT2D eigenvalue weighted by Crippen LogP contribution is -2.38. The van der Waals surface area contributed by atoms with Crippen LogP contribution >= 0.6 is 15.9 Å². The van der Waals surface area contributed by atoms with Crippen molar-refractivity contribution in [2.75, 3.05) is 0 Å². The smallest absolute Gasteiger partial charge is 0.0861 e. The van der Waals surface area contributed by atoms with Crippen LogP contribution in [0.15, 0.2) is 41.0 Å². The van der Waals surface area contributed by atoms with Crippen LogP contribution in [-0.4, -0.2) is 10.5 Å². The third-order valence-electron chi connectivity index (χ3n) is 2.18. The summed E-state index contributed by atoms with van der Waals surface area (Å²) in [6.07, 6.45) is 5.99. The van der Waals surface area contributed by atoms with E-state index in [9.17, 15) is 0 Å². The van der Waals surface area contributed by atoms with Crippen molar-refractivity contribution >= 4 is 21.6 Å². The van der Waals surface area contributed by atoms with Gasteiger partial charge in [-0.3, -0.25) is 4.98 Å². The standard InChI is InChI=1S/C12H13BrN2/c1-12(2)8-9(13)7-11(15-12)10-5-3-4-6-14-10/h3-8,15H,1-2H3. The second-order valence-electron chi connectivity index (χ2n) is 4.15. The molecule has 0 amide bonds. The molecular weight excluding hydrogens is 252 g/mol. The quantitative estimate of drug-likeness (QED) is 0.844. The van der Waals surface area contributed by atoms with E-state index in [1.165, 1.54) is 0 Å². The summed E-state index contributed by atoms with van der Waals surface area (Å²) >= 11 is 3.52. The number of rotatable bonds is 1. The zero-order valence-electron chi connectivity index (χ0n) is 8.79. The first-order valence-corrected chi connectivity index (χ1v) is 5.66. The number of allylic oxidation sites excluding steroid dienone is 2. The normalized spacial score (nSPS) is 18.9. The molecule has 0 spiro atoms. The maximum absolute atomic E-state index is 4.32. The summed E-state index contributed by atoms with van der Waals surface area (Å²) in [4.78, 5) is 4.32. The van der Waals surface area contributed by atoms with Gasteiger partial charge in [-0.1, -0.05) is 22.0 Å². The van der Waals surface area contributed by atoms with Crippen molar-refractivity contribution in [1.29, 1.82) is 0 Å². The molecule has 0 bridgehead atoms. The lowest BCUT2D eigenvalue weighted by molar-refractivity contribution is 0.558. The first kappa shape index (κ1) is 10.4. The molecule has 0 unspecified atom stereocenters. The molecule has 3 heteroatoms. The van der Waals surface area contributed by atoms with Gasteiger partial charge >= 0.3 is 0 Å². The highest BCUT2D eigenvalue weighted by molar-refractivity contribution is 9.11. The fourth-order valence-corrected chi connectivity index (χ4v) is 2.40. The van der Waals surface area contributed by atoms with Crippen LogP contribution in [0, 0.1) is 0 Å². The SMILES string of the molecule is CC1(C)C=C(Br)C=C(c2ccccn2)N1. The predicted molar refractivity (Wildman–Crippen MR) is 66.4 cm³/mol. The summed E-state index contributed by atoms with van der Waals surface area (Å²) in [6, 6.07) is 5.91. The second kappa shape index (κ2) is 3.81. The maximum Gasteiger partial charge on any atom is 0.0861 e. The van der Waals surface area contributed by atoms with E-state index in [-0.39, 0.29) is 5.54 Å². The minimum absolute atomic E-state index is 0.0412. The van der Waals surface area contributed by atoms with E-state index in [0.717, 1.165) is 15.9 Å². The molecule has 1 aliphatic rings. The first-order chi connectivity index (χ1) is 7.07. The van der Waals surface area contributed by atoms with Gasteiger partial charge in [-0.15, -0.1) is 0 Å². The number of nitrogens with zero attached hydrogens (tertiary/aromatic N) is 1. The average Bonchev–Trinajstić information content (AvgIpc) is 2.16. The highest BCUT2D eigenvalue weighted by Crippen LogP contribution is 2.26. The number of pyridine rings is 1. The monoisotopic (exact) mass is 264 g/mol. The van der Waals surface area contributed by atoms with Crippen molar-refractivity contribution in [2.45, 2.75) is 19.4 Å². The van der Waals surface area contributed by atoms with E-state index in [1.807, 2.05) is 24.3 Å². The molecule has 78 valence electrons. The molecule has 0 aromatic carbocycles. The van der Waals surface area contributed by atoms with Gasteiger partial charge in [0.1, 0.15) is 0 Å². The van der Waals surface area contributed by atoms with Crippen LogP contribution in [0.1, 0.15) is 19.5 Å². The molecule has 2 nitrogen and oxygen atoms in total. The molecule has 1 aromatic rings. The van der Waals surface area contributed by atoms with Crippen LogP contribution in [0.25, 0.3) is 5.70 Å². The Morgan fingerprint density at radius 2 is 2.13 bits per heavy atom. The van der Waals surface area contributed by atoms with Crippen molar-refractivity contribution in [1.82, 2.24) is 10.3 Å². The molecule has 2 heterocycles. The number of aromatic nitrogens is 1. The van der Waals surface area contributed by atoms with Crippen LogP contribution in [0.3, 0.4) is 0 Å². The molecule has 0 atom stereocenters. The Morgan fingerprint density at radius 1 is 1.33 bits per heavy atom. The zero-order chi connectivity index (χ0) is 10.9. The van der Waals surface area contributed by atoms with E-state index in [0.29, 0.717) is 0 Å². The molecule has 0 radical (unpaired) electrons. The number of hydrogen-bond acceptors (Lipinski definition) is 2. The van der Waals surface area contributed by atoms with Gasteiger partial charge in [0, 0.05) is 10.7 Å². The first-order valence-electron chi connectivity index (χ1n) is 4.86. The number of halogens is 1. The average molecular weight is 265 g/mol. The Hall–Kier alpha value is -1.09. The molecule has 2 rings (SSSR count). The van der Waals surface area contributed by atoms with Crippen LogP contribution in [0.2, 0.25) is 0 Å². The maximum atomic E-state index is 4.32. The van der Waals surface area contributed by atoms with E-state index >= 15 is 0 Å². The zero-order valence-corrected chi connectivity index (χ0v) is 10.4. The molecule has 1 aromatic heterocycles. The highest BCUT2D eigenvalue weighted by atomic mass is 79.9. The van der Waals surface area contributed by atoms with E-state index in [1.54, 1.807) is 6.20 Å². The van der Waals surface area contributed by atoms with Gasteiger partial charge in [0.25, 0.3) is 0 Å². The van der Waals surface area contributed by atoms with Gasteiger partial charge in [0.05, 0.1) is 16.9 Å². The minimum Gasteiger partial charge on any atom is -0.375 e. The number of hydrogen-bond donors (Lipinski definition) is 1.